The van der Waals surface area contributed by atoms with Crippen LogP contribution in [0.2, 0.25) is 0 Å². The van der Waals surface area contributed by atoms with Crippen LogP contribution in [0.5, 0.6) is 5.75 Å². The summed E-state index contributed by atoms with van der Waals surface area (Å²) in [7, 11) is 1.70. The topological polar surface area (TPSA) is 24.5 Å². The fraction of sp³-hybridized carbons (Fsp3) is 0.571. The zero-order valence-corrected chi connectivity index (χ0v) is 12.2. The molecule has 18 heavy (non-hydrogen) atoms. The van der Waals surface area contributed by atoms with Gasteiger partial charge in [0.15, 0.2) is 0 Å². The molecule has 0 amide bonds. The van der Waals surface area contributed by atoms with Crippen LogP contribution < -0.4 is 10.1 Å². The molecule has 1 aliphatic heterocycles. The van der Waals surface area contributed by atoms with Crippen LogP contribution in [0.3, 0.4) is 0 Å². The standard InChI is InChI=1S/C14H22N2OS/c1-14(2,16-10-8-15-9-11-16)18-13-6-4-12(17-3)5-7-13/h4-7,15H,8-11H2,1-3H3. The van der Waals surface area contributed by atoms with Crippen LogP contribution >= 0.6 is 11.8 Å². The molecule has 100 valence electrons. The SMILES string of the molecule is COc1ccc(SC(C)(C)N2CCNCC2)cc1. The zero-order valence-electron chi connectivity index (χ0n) is 11.4. The smallest absolute Gasteiger partial charge is 0.118 e. The number of benzene rings is 1. The Bertz CT molecular complexity index is 372. The van der Waals surface area contributed by atoms with Crippen molar-refractivity contribution in [3.05, 3.63) is 24.3 Å². The molecule has 1 aliphatic rings. The van der Waals surface area contributed by atoms with Gasteiger partial charge in [0.05, 0.1) is 12.0 Å². The number of hydrogen-bond acceptors (Lipinski definition) is 4. The van der Waals surface area contributed by atoms with E-state index in [2.05, 4.69) is 36.2 Å². The molecule has 0 atom stereocenters. The van der Waals surface area contributed by atoms with Gasteiger partial charge in [0.2, 0.25) is 0 Å². The van der Waals surface area contributed by atoms with Gasteiger partial charge in [0.1, 0.15) is 5.75 Å². The Labute approximate surface area is 114 Å². The van der Waals surface area contributed by atoms with Crippen molar-refractivity contribution in [3.63, 3.8) is 0 Å². The largest absolute Gasteiger partial charge is 0.497 e. The first kappa shape index (κ1) is 13.7. The highest BCUT2D eigenvalue weighted by Gasteiger charge is 2.28. The Kier molecular flexibility index (Phi) is 4.54. The lowest BCUT2D eigenvalue weighted by molar-refractivity contribution is 0.172. The molecule has 0 aromatic heterocycles. The van der Waals surface area contributed by atoms with Gasteiger partial charge in [-0.2, -0.15) is 0 Å². The molecular formula is C14H22N2OS. The van der Waals surface area contributed by atoms with Crippen molar-refractivity contribution in [2.75, 3.05) is 33.3 Å². The summed E-state index contributed by atoms with van der Waals surface area (Å²) in [5.74, 6) is 0.916. The first-order chi connectivity index (χ1) is 8.62. The van der Waals surface area contributed by atoms with E-state index in [1.165, 1.54) is 4.90 Å². The van der Waals surface area contributed by atoms with Gasteiger partial charge in [-0.1, -0.05) is 0 Å². The van der Waals surface area contributed by atoms with E-state index in [1.807, 2.05) is 23.9 Å². The maximum atomic E-state index is 5.19. The summed E-state index contributed by atoms with van der Waals surface area (Å²) in [4.78, 5) is 3.97. The van der Waals surface area contributed by atoms with E-state index in [0.29, 0.717) is 0 Å². The number of rotatable bonds is 4. The molecule has 0 radical (unpaired) electrons. The molecule has 1 saturated heterocycles. The molecule has 0 bridgehead atoms. The lowest BCUT2D eigenvalue weighted by atomic mass is 10.2. The van der Waals surface area contributed by atoms with Gasteiger partial charge in [-0.25, -0.2) is 0 Å². The van der Waals surface area contributed by atoms with E-state index in [1.54, 1.807) is 7.11 Å². The molecule has 2 rings (SSSR count). The van der Waals surface area contributed by atoms with Crippen LogP contribution in [0.1, 0.15) is 13.8 Å². The molecule has 4 heteroatoms. The van der Waals surface area contributed by atoms with Crippen molar-refractivity contribution in [1.29, 1.82) is 0 Å². The molecule has 0 saturated carbocycles. The summed E-state index contributed by atoms with van der Waals surface area (Å²) in [6, 6.07) is 8.31. The van der Waals surface area contributed by atoms with E-state index in [-0.39, 0.29) is 4.87 Å². The molecule has 1 N–H and O–H groups in total. The van der Waals surface area contributed by atoms with Gasteiger partial charge < -0.3 is 10.1 Å². The number of nitrogens with one attached hydrogen (secondary N) is 1. The van der Waals surface area contributed by atoms with Gasteiger partial charge in [-0.15, -0.1) is 11.8 Å². The highest BCUT2D eigenvalue weighted by atomic mass is 32.2. The summed E-state index contributed by atoms with van der Waals surface area (Å²) < 4.78 is 5.19. The summed E-state index contributed by atoms with van der Waals surface area (Å²) in [5, 5.41) is 3.40. The monoisotopic (exact) mass is 266 g/mol. The zero-order chi connectivity index (χ0) is 13.0. The molecule has 0 aliphatic carbocycles. The Hall–Kier alpha value is -0.710. The first-order valence-corrected chi connectivity index (χ1v) is 7.22. The van der Waals surface area contributed by atoms with E-state index in [0.717, 1.165) is 31.9 Å². The van der Waals surface area contributed by atoms with Crippen LogP contribution in [-0.4, -0.2) is 43.1 Å². The molecule has 1 heterocycles. The van der Waals surface area contributed by atoms with Gasteiger partial charge in [-0.3, -0.25) is 4.90 Å². The van der Waals surface area contributed by atoms with Crippen molar-refractivity contribution in [3.8, 4) is 5.75 Å². The normalized spacial score (nSPS) is 17.7. The second kappa shape index (κ2) is 5.95. The fourth-order valence-corrected chi connectivity index (χ4v) is 3.36. The average Bonchev–Trinajstić information content (AvgIpc) is 2.40. The lowest BCUT2D eigenvalue weighted by Gasteiger charge is -2.40. The molecule has 0 spiro atoms. The van der Waals surface area contributed by atoms with Crippen LogP contribution in [0.25, 0.3) is 0 Å². The Morgan fingerprint density at radius 2 is 1.78 bits per heavy atom. The maximum absolute atomic E-state index is 5.19. The Morgan fingerprint density at radius 3 is 2.33 bits per heavy atom. The van der Waals surface area contributed by atoms with Crippen molar-refractivity contribution in [2.45, 2.75) is 23.6 Å². The van der Waals surface area contributed by atoms with Crippen LogP contribution in [0.4, 0.5) is 0 Å². The predicted molar refractivity (Wildman–Crippen MR) is 77.4 cm³/mol. The van der Waals surface area contributed by atoms with Crippen LogP contribution in [-0.2, 0) is 0 Å². The lowest BCUT2D eigenvalue weighted by Crippen LogP contribution is -2.51. The summed E-state index contributed by atoms with van der Waals surface area (Å²) >= 11 is 1.91. The van der Waals surface area contributed by atoms with E-state index in [9.17, 15) is 0 Å². The number of piperazine rings is 1. The molecule has 1 aromatic carbocycles. The second-order valence-electron chi connectivity index (χ2n) is 4.96. The van der Waals surface area contributed by atoms with Crippen LogP contribution in [0, 0.1) is 0 Å². The number of thioether (sulfide) groups is 1. The third-order valence-electron chi connectivity index (χ3n) is 3.31. The summed E-state index contributed by atoms with van der Waals surface area (Å²) in [6.07, 6.45) is 0. The van der Waals surface area contributed by atoms with E-state index >= 15 is 0 Å². The molecule has 1 fully saturated rings. The minimum Gasteiger partial charge on any atom is -0.497 e. The highest BCUT2D eigenvalue weighted by Crippen LogP contribution is 2.36. The van der Waals surface area contributed by atoms with Crippen molar-refractivity contribution < 1.29 is 4.74 Å². The van der Waals surface area contributed by atoms with E-state index in [4.69, 9.17) is 4.74 Å². The number of hydrogen-bond donors (Lipinski definition) is 1. The predicted octanol–water partition coefficient (Wildman–Crippen LogP) is 2.43. The van der Waals surface area contributed by atoms with Crippen molar-refractivity contribution in [2.24, 2.45) is 0 Å². The summed E-state index contributed by atoms with van der Waals surface area (Å²) in [5.41, 5.74) is 0. The Balaban J connectivity index is 2.01. The minimum atomic E-state index is 0.136. The fourth-order valence-electron chi connectivity index (χ4n) is 2.20. The van der Waals surface area contributed by atoms with Gasteiger partial charge >= 0.3 is 0 Å². The number of ether oxygens (including phenoxy) is 1. The minimum absolute atomic E-state index is 0.136. The second-order valence-corrected chi connectivity index (χ2v) is 6.64. The van der Waals surface area contributed by atoms with E-state index < -0.39 is 0 Å². The van der Waals surface area contributed by atoms with Crippen LogP contribution in [0.15, 0.2) is 29.2 Å². The van der Waals surface area contributed by atoms with Gasteiger partial charge in [0, 0.05) is 31.1 Å². The van der Waals surface area contributed by atoms with Gasteiger partial charge in [-0.05, 0) is 38.1 Å². The molecule has 1 aromatic rings. The highest BCUT2D eigenvalue weighted by molar-refractivity contribution is 8.00. The quantitative estimate of drug-likeness (QED) is 0.846. The third-order valence-corrected chi connectivity index (χ3v) is 4.57. The van der Waals surface area contributed by atoms with Crippen molar-refractivity contribution in [1.82, 2.24) is 10.2 Å². The Morgan fingerprint density at radius 1 is 1.17 bits per heavy atom. The maximum Gasteiger partial charge on any atom is 0.118 e. The number of nitrogens with zero attached hydrogens (tertiary/aromatic N) is 1. The average molecular weight is 266 g/mol. The molecule has 0 unspecified atom stereocenters. The molecule has 3 nitrogen and oxygen atoms in total. The van der Waals surface area contributed by atoms with Crippen molar-refractivity contribution >= 4 is 11.8 Å². The number of methoxy groups -OCH3 is 1. The third kappa shape index (κ3) is 3.40. The molecular weight excluding hydrogens is 244 g/mol. The first-order valence-electron chi connectivity index (χ1n) is 6.41. The van der Waals surface area contributed by atoms with Gasteiger partial charge in [0.25, 0.3) is 0 Å². The summed E-state index contributed by atoms with van der Waals surface area (Å²) in [6.45, 7) is 9.02.